The Balaban J connectivity index is 2.33. The van der Waals surface area contributed by atoms with Crippen molar-refractivity contribution >= 4 is 5.91 Å². The number of carbonyl (C=O) groups is 1. The molecule has 0 saturated carbocycles. The van der Waals surface area contributed by atoms with Crippen molar-refractivity contribution < 1.29 is 9.53 Å². The van der Waals surface area contributed by atoms with Crippen molar-refractivity contribution in [2.45, 2.75) is 38.3 Å². The van der Waals surface area contributed by atoms with Crippen LogP contribution in [-0.4, -0.2) is 35.5 Å². The molecule has 2 atom stereocenters. The van der Waals surface area contributed by atoms with Gasteiger partial charge in [-0.2, -0.15) is 0 Å². The Morgan fingerprint density at radius 1 is 1.53 bits per heavy atom. The molecule has 2 rings (SSSR count). The van der Waals surface area contributed by atoms with Crippen molar-refractivity contribution in [3.8, 4) is 5.88 Å². The summed E-state index contributed by atoms with van der Waals surface area (Å²) in [5.41, 5.74) is 7.02. The first-order valence-electron chi connectivity index (χ1n) is 6.73. The summed E-state index contributed by atoms with van der Waals surface area (Å²) in [4.78, 5) is 18.4. The van der Waals surface area contributed by atoms with Crippen molar-refractivity contribution in [1.29, 1.82) is 0 Å². The molecular weight excluding hydrogens is 242 g/mol. The molecule has 2 heterocycles. The van der Waals surface area contributed by atoms with Gasteiger partial charge in [0.15, 0.2) is 0 Å². The molecule has 1 aromatic heterocycles. The van der Waals surface area contributed by atoms with Gasteiger partial charge in [0.2, 0.25) is 11.8 Å². The lowest BCUT2D eigenvalue weighted by Gasteiger charge is -2.39. The predicted octanol–water partition coefficient (Wildman–Crippen LogP) is 1.49. The molecule has 1 aromatic rings. The zero-order valence-corrected chi connectivity index (χ0v) is 11.5. The number of methoxy groups -OCH3 is 1. The maximum Gasteiger partial charge on any atom is 0.223 e. The van der Waals surface area contributed by atoms with Crippen molar-refractivity contribution in [3.63, 3.8) is 0 Å². The second-order valence-electron chi connectivity index (χ2n) is 4.84. The lowest BCUT2D eigenvalue weighted by molar-refractivity contribution is -0.137. The van der Waals surface area contributed by atoms with E-state index in [1.54, 1.807) is 13.2 Å². The smallest absolute Gasteiger partial charge is 0.223 e. The second-order valence-corrected chi connectivity index (χ2v) is 4.84. The van der Waals surface area contributed by atoms with Crippen LogP contribution in [0.15, 0.2) is 18.2 Å². The summed E-state index contributed by atoms with van der Waals surface area (Å²) in [5, 5.41) is 0. The Hall–Kier alpha value is -1.62. The highest BCUT2D eigenvalue weighted by Crippen LogP contribution is 2.30. The SMILES string of the molecule is CCCN1C(=O)CCC(N)C1c1cccc(OC)n1. The molecule has 1 amide bonds. The van der Waals surface area contributed by atoms with E-state index in [-0.39, 0.29) is 18.0 Å². The van der Waals surface area contributed by atoms with Crippen LogP contribution in [0.1, 0.15) is 37.9 Å². The molecule has 0 bridgehead atoms. The van der Waals surface area contributed by atoms with E-state index in [4.69, 9.17) is 10.5 Å². The number of amides is 1. The molecule has 0 spiro atoms. The summed E-state index contributed by atoms with van der Waals surface area (Å²) in [7, 11) is 1.59. The first-order valence-corrected chi connectivity index (χ1v) is 6.73. The van der Waals surface area contributed by atoms with Gasteiger partial charge >= 0.3 is 0 Å². The Bertz CT molecular complexity index is 450. The van der Waals surface area contributed by atoms with E-state index in [9.17, 15) is 4.79 Å². The molecule has 1 saturated heterocycles. The van der Waals surface area contributed by atoms with E-state index in [1.807, 2.05) is 17.0 Å². The van der Waals surface area contributed by atoms with Crippen LogP contribution in [0.25, 0.3) is 0 Å². The molecule has 2 N–H and O–H groups in total. The third-order valence-corrected chi connectivity index (χ3v) is 3.47. The van der Waals surface area contributed by atoms with Gasteiger partial charge in [-0.15, -0.1) is 0 Å². The quantitative estimate of drug-likeness (QED) is 0.893. The van der Waals surface area contributed by atoms with Crippen LogP contribution in [0.5, 0.6) is 5.88 Å². The number of pyridine rings is 1. The number of nitrogens with two attached hydrogens (primary N) is 1. The summed E-state index contributed by atoms with van der Waals surface area (Å²) in [6.45, 7) is 2.78. The molecule has 1 aliphatic heterocycles. The fourth-order valence-corrected chi connectivity index (χ4v) is 2.57. The minimum Gasteiger partial charge on any atom is -0.481 e. The monoisotopic (exact) mass is 263 g/mol. The highest BCUT2D eigenvalue weighted by atomic mass is 16.5. The van der Waals surface area contributed by atoms with Crippen molar-refractivity contribution in [3.05, 3.63) is 23.9 Å². The third-order valence-electron chi connectivity index (χ3n) is 3.47. The fourth-order valence-electron chi connectivity index (χ4n) is 2.57. The molecule has 1 aliphatic rings. The van der Waals surface area contributed by atoms with Gasteiger partial charge in [0.1, 0.15) is 0 Å². The van der Waals surface area contributed by atoms with Crippen LogP contribution in [0.4, 0.5) is 0 Å². The number of ether oxygens (including phenoxy) is 1. The van der Waals surface area contributed by atoms with Crippen molar-refractivity contribution in [2.24, 2.45) is 5.73 Å². The molecule has 5 heteroatoms. The topological polar surface area (TPSA) is 68.5 Å². The number of aromatic nitrogens is 1. The largest absolute Gasteiger partial charge is 0.481 e. The Morgan fingerprint density at radius 3 is 3.00 bits per heavy atom. The zero-order chi connectivity index (χ0) is 13.8. The average Bonchev–Trinajstić information content (AvgIpc) is 2.43. The van der Waals surface area contributed by atoms with Crippen molar-refractivity contribution in [1.82, 2.24) is 9.88 Å². The van der Waals surface area contributed by atoms with Gasteiger partial charge in [0.05, 0.1) is 18.8 Å². The lowest BCUT2D eigenvalue weighted by Crippen LogP contribution is -2.49. The van der Waals surface area contributed by atoms with Crippen LogP contribution in [-0.2, 0) is 4.79 Å². The van der Waals surface area contributed by atoms with Crippen molar-refractivity contribution in [2.75, 3.05) is 13.7 Å². The Kier molecular flexibility index (Phi) is 4.37. The van der Waals surface area contributed by atoms with E-state index in [0.29, 0.717) is 18.7 Å². The standard InChI is InChI=1S/C14H21N3O2/c1-3-9-17-13(18)8-7-10(15)14(17)11-5-4-6-12(16-11)19-2/h4-6,10,14H,3,7-9,15H2,1-2H3. The average molecular weight is 263 g/mol. The van der Waals surface area contributed by atoms with E-state index < -0.39 is 0 Å². The van der Waals surface area contributed by atoms with E-state index in [0.717, 1.165) is 18.7 Å². The summed E-state index contributed by atoms with van der Waals surface area (Å²) < 4.78 is 5.15. The minimum atomic E-state index is -0.142. The van der Waals surface area contributed by atoms with Crippen LogP contribution in [0.3, 0.4) is 0 Å². The number of nitrogens with zero attached hydrogens (tertiary/aromatic N) is 2. The molecule has 0 aromatic carbocycles. The second kappa shape index (κ2) is 6.02. The number of likely N-dealkylation sites (tertiary alicyclic amines) is 1. The van der Waals surface area contributed by atoms with Gasteiger partial charge in [-0.25, -0.2) is 4.98 Å². The molecule has 0 radical (unpaired) electrons. The van der Waals surface area contributed by atoms with Gasteiger partial charge in [0, 0.05) is 25.1 Å². The maximum absolute atomic E-state index is 12.1. The van der Waals surface area contributed by atoms with Crippen LogP contribution >= 0.6 is 0 Å². The molecular formula is C14H21N3O2. The summed E-state index contributed by atoms with van der Waals surface area (Å²) >= 11 is 0. The molecule has 1 fully saturated rings. The normalized spacial score (nSPS) is 23.5. The number of hydrogen-bond acceptors (Lipinski definition) is 4. The van der Waals surface area contributed by atoms with Gasteiger partial charge in [-0.1, -0.05) is 13.0 Å². The van der Waals surface area contributed by atoms with Gasteiger partial charge < -0.3 is 15.4 Å². The van der Waals surface area contributed by atoms with Crippen LogP contribution in [0.2, 0.25) is 0 Å². The summed E-state index contributed by atoms with van der Waals surface area (Å²) in [6.07, 6.45) is 2.16. The maximum atomic E-state index is 12.1. The number of piperidine rings is 1. The Labute approximate surface area is 113 Å². The molecule has 0 aliphatic carbocycles. The first-order chi connectivity index (χ1) is 9.17. The zero-order valence-electron chi connectivity index (χ0n) is 11.5. The summed E-state index contributed by atoms with van der Waals surface area (Å²) in [6, 6.07) is 5.38. The molecule has 19 heavy (non-hydrogen) atoms. The third kappa shape index (κ3) is 2.87. The molecule has 2 unspecified atom stereocenters. The highest BCUT2D eigenvalue weighted by Gasteiger charge is 2.35. The van der Waals surface area contributed by atoms with Gasteiger partial charge in [0.25, 0.3) is 0 Å². The van der Waals surface area contributed by atoms with E-state index >= 15 is 0 Å². The predicted molar refractivity (Wildman–Crippen MR) is 72.7 cm³/mol. The van der Waals surface area contributed by atoms with E-state index in [1.165, 1.54) is 0 Å². The number of hydrogen-bond donors (Lipinski definition) is 1. The van der Waals surface area contributed by atoms with Crippen LogP contribution in [0, 0.1) is 0 Å². The summed E-state index contributed by atoms with van der Waals surface area (Å²) in [5.74, 6) is 0.720. The van der Waals surface area contributed by atoms with Gasteiger partial charge in [-0.3, -0.25) is 4.79 Å². The van der Waals surface area contributed by atoms with Crippen LogP contribution < -0.4 is 10.5 Å². The van der Waals surface area contributed by atoms with E-state index in [2.05, 4.69) is 11.9 Å². The molecule has 104 valence electrons. The lowest BCUT2D eigenvalue weighted by atomic mass is 9.93. The molecule has 5 nitrogen and oxygen atoms in total. The number of carbonyl (C=O) groups excluding carboxylic acids is 1. The van der Waals surface area contributed by atoms with Gasteiger partial charge in [-0.05, 0) is 18.9 Å². The highest BCUT2D eigenvalue weighted by molar-refractivity contribution is 5.77. The fraction of sp³-hybridized carbons (Fsp3) is 0.571. The minimum absolute atomic E-state index is 0.0659. The first kappa shape index (κ1) is 13.8. The number of rotatable bonds is 4. The Morgan fingerprint density at radius 2 is 2.32 bits per heavy atom.